The maximum absolute atomic E-state index is 12.2. The first-order valence-electron chi connectivity index (χ1n) is 6.27. The van der Waals surface area contributed by atoms with Gasteiger partial charge < -0.3 is 5.32 Å². The quantitative estimate of drug-likeness (QED) is 0.667. The molecule has 1 heterocycles. The molecule has 0 saturated carbocycles. The first-order valence-corrected chi connectivity index (χ1v) is 7.47. The van der Waals surface area contributed by atoms with Crippen LogP contribution in [0.3, 0.4) is 0 Å². The van der Waals surface area contributed by atoms with E-state index in [-0.39, 0.29) is 20.8 Å². The van der Waals surface area contributed by atoms with E-state index in [0.717, 1.165) is 34.6 Å². The molecule has 0 atom stereocenters. The first-order chi connectivity index (χ1) is 9.93. The van der Waals surface area contributed by atoms with E-state index in [2.05, 4.69) is 5.32 Å². The van der Waals surface area contributed by atoms with Crippen molar-refractivity contribution in [3.63, 3.8) is 0 Å². The van der Waals surface area contributed by atoms with Crippen LogP contribution in [0.15, 0.2) is 24.3 Å². The van der Waals surface area contributed by atoms with E-state index in [1.54, 1.807) is 0 Å². The molecule has 0 bridgehead atoms. The van der Waals surface area contributed by atoms with Crippen molar-refractivity contribution in [1.82, 2.24) is 0 Å². The minimum atomic E-state index is -0.596. The highest BCUT2D eigenvalue weighted by molar-refractivity contribution is 7.18. The maximum Gasteiger partial charge on any atom is 0.299 e. The highest BCUT2D eigenvalue weighted by atomic mass is 35.5. The fourth-order valence-electron chi connectivity index (χ4n) is 1.97. The van der Waals surface area contributed by atoms with E-state index in [9.17, 15) is 14.9 Å². The summed E-state index contributed by atoms with van der Waals surface area (Å²) in [6.45, 7) is 3.90. The zero-order valence-corrected chi connectivity index (χ0v) is 13.0. The van der Waals surface area contributed by atoms with Crippen LogP contribution in [0.1, 0.15) is 27.7 Å². The van der Waals surface area contributed by atoms with Crippen molar-refractivity contribution in [3.05, 3.63) is 54.7 Å². The summed E-state index contributed by atoms with van der Waals surface area (Å²) in [5.41, 5.74) is 2.46. The highest BCUT2D eigenvalue weighted by Gasteiger charge is 2.21. The van der Waals surface area contributed by atoms with E-state index in [1.807, 2.05) is 32.0 Å². The predicted octanol–water partition coefficient (Wildman–Crippen LogP) is 4.43. The molecule has 0 aliphatic carbocycles. The van der Waals surface area contributed by atoms with Gasteiger partial charge >= 0.3 is 0 Å². The third kappa shape index (κ3) is 3.22. The number of anilines is 1. The van der Waals surface area contributed by atoms with Gasteiger partial charge in [-0.1, -0.05) is 36.7 Å². The highest BCUT2D eigenvalue weighted by Crippen LogP contribution is 2.34. The van der Waals surface area contributed by atoms with Crippen molar-refractivity contribution in [2.75, 3.05) is 5.32 Å². The number of nitrogens with one attached hydrogen (secondary N) is 1. The van der Waals surface area contributed by atoms with Crippen molar-refractivity contribution in [2.24, 2.45) is 0 Å². The molecule has 1 amide bonds. The summed E-state index contributed by atoms with van der Waals surface area (Å²) in [5, 5.41) is 13.6. The Labute approximate surface area is 130 Å². The van der Waals surface area contributed by atoms with Crippen LogP contribution in [-0.4, -0.2) is 10.8 Å². The molecule has 110 valence electrons. The number of hydrogen-bond donors (Lipinski definition) is 1. The molecule has 0 spiro atoms. The van der Waals surface area contributed by atoms with Gasteiger partial charge in [-0.25, -0.2) is 0 Å². The van der Waals surface area contributed by atoms with Gasteiger partial charge in [-0.05, 0) is 24.5 Å². The molecular formula is C14H13ClN2O3S. The molecule has 1 aromatic heterocycles. The lowest BCUT2D eigenvalue weighted by molar-refractivity contribution is -0.384. The van der Waals surface area contributed by atoms with E-state index in [4.69, 9.17) is 11.6 Å². The van der Waals surface area contributed by atoms with E-state index in [0.29, 0.717) is 0 Å². The Kier molecular flexibility index (Phi) is 4.59. The summed E-state index contributed by atoms with van der Waals surface area (Å²) in [4.78, 5) is 22.6. The molecule has 2 rings (SSSR count). The second-order valence-electron chi connectivity index (χ2n) is 4.44. The van der Waals surface area contributed by atoms with Gasteiger partial charge in [-0.15, -0.1) is 11.3 Å². The summed E-state index contributed by atoms with van der Waals surface area (Å²) < 4.78 is 0.00523. The molecule has 5 nitrogen and oxygen atoms in total. The monoisotopic (exact) mass is 324 g/mol. The molecule has 1 N–H and O–H groups in total. The molecular weight excluding hydrogens is 312 g/mol. The predicted molar refractivity (Wildman–Crippen MR) is 84.5 cm³/mol. The Morgan fingerprint density at radius 1 is 1.48 bits per heavy atom. The number of rotatable bonds is 4. The maximum atomic E-state index is 12.2. The Morgan fingerprint density at radius 3 is 2.76 bits per heavy atom. The Bertz CT molecular complexity index is 712. The van der Waals surface area contributed by atoms with Crippen LogP contribution in [0.25, 0.3) is 0 Å². The minimum Gasteiger partial charge on any atom is -0.321 e. The van der Waals surface area contributed by atoms with E-state index < -0.39 is 4.92 Å². The number of nitrogens with zero attached hydrogens (tertiary/aromatic N) is 1. The lowest BCUT2D eigenvalue weighted by Gasteiger charge is -2.12. The summed E-state index contributed by atoms with van der Waals surface area (Å²) in [5.74, 6) is -0.390. The zero-order valence-electron chi connectivity index (χ0n) is 11.5. The molecule has 0 aliphatic heterocycles. The van der Waals surface area contributed by atoms with E-state index >= 15 is 0 Å². The number of amides is 1. The number of carbonyl (C=O) groups excluding carboxylic acids is 1. The second-order valence-corrected chi connectivity index (χ2v) is 6.10. The number of aryl methyl sites for hydroxylation is 2. The van der Waals surface area contributed by atoms with Gasteiger partial charge in [-0.3, -0.25) is 14.9 Å². The second kappa shape index (κ2) is 6.24. The SMILES string of the molecule is CCc1cccc(C)c1NC(=O)c1cc([N+](=O)[O-])c(Cl)s1. The number of para-hydroxylation sites is 1. The van der Waals surface area contributed by atoms with Crippen LogP contribution in [0.4, 0.5) is 11.4 Å². The molecule has 7 heteroatoms. The standard InChI is InChI=1S/C14H13ClN2O3S/c1-3-9-6-4-5-8(2)12(9)16-14(18)11-7-10(17(19)20)13(15)21-11/h4-7H,3H2,1-2H3,(H,16,18). The number of carbonyl (C=O) groups is 1. The van der Waals surface area contributed by atoms with Crippen molar-refractivity contribution in [3.8, 4) is 0 Å². The van der Waals surface area contributed by atoms with Crippen molar-refractivity contribution in [2.45, 2.75) is 20.3 Å². The third-order valence-corrected chi connectivity index (χ3v) is 4.40. The molecule has 0 fully saturated rings. The molecule has 0 unspecified atom stereocenters. The summed E-state index contributed by atoms with van der Waals surface area (Å²) >= 11 is 6.67. The van der Waals surface area contributed by atoms with Gasteiger partial charge in [0, 0.05) is 11.8 Å². The lowest BCUT2D eigenvalue weighted by atomic mass is 10.1. The summed E-state index contributed by atoms with van der Waals surface area (Å²) in [6.07, 6.45) is 0.780. The first kappa shape index (κ1) is 15.5. The number of nitro groups is 1. The molecule has 0 saturated heterocycles. The lowest BCUT2D eigenvalue weighted by Crippen LogP contribution is -2.12. The largest absolute Gasteiger partial charge is 0.321 e. The Morgan fingerprint density at radius 2 is 2.19 bits per heavy atom. The van der Waals surface area contributed by atoms with Gasteiger partial charge in [0.25, 0.3) is 11.6 Å². The van der Waals surface area contributed by atoms with Gasteiger partial charge in [0.05, 0.1) is 4.92 Å². The van der Waals surface area contributed by atoms with Gasteiger partial charge in [0.1, 0.15) is 4.88 Å². The van der Waals surface area contributed by atoms with Crippen molar-refractivity contribution >= 4 is 40.2 Å². The fraction of sp³-hybridized carbons (Fsp3) is 0.214. The third-order valence-electron chi connectivity index (χ3n) is 3.07. The normalized spacial score (nSPS) is 10.4. The summed E-state index contributed by atoms with van der Waals surface area (Å²) in [6, 6.07) is 6.97. The zero-order chi connectivity index (χ0) is 15.6. The van der Waals surface area contributed by atoms with Crippen LogP contribution in [-0.2, 0) is 6.42 Å². The van der Waals surface area contributed by atoms with E-state index in [1.165, 1.54) is 6.07 Å². The number of halogens is 1. The van der Waals surface area contributed by atoms with Crippen molar-refractivity contribution in [1.29, 1.82) is 0 Å². The van der Waals surface area contributed by atoms with Crippen molar-refractivity contribution < 1.29 is 9.72 Å². The fourth-order valence-corrected chi connectivity index (χ4v) is 3.09. The van der Waals surface area contributed by atoms with Crippen LogP contribution < -0.4 is 5.32 Å². The van der Waals surface area contributed by atoms with Crippen LogP contribution in [0.5, 0.6) is 0 Å². The molecule has 0 aliphatic rings. The smallest absolute Gasteiger partial charge is 0.299 e. The topological polar surface area (TPSA) is 72.2 Å². The Hall–Kier alpha value is -1.92. The molecule has 2 aromatic rings. The van der Waals surface area contributed by atoms with Gasteiger partial charge in [-0.2, -0.15) is 0 Å². The van der Waals surface area contributed by atoms with Crippen LogP contribution >= 0.6 is 22.9 Å². The van der Waals surface area contributed by atoms with Crippen LogP contribution in [0.2, 0.25) is 4.34 Å². The van der Waals surface area contributed by atoms with Gasteiger partial charge in [0.2, 0.25) is 0 Å². The minimum absolute atomic E-state index is 0.00523. The molecule has 0 radical (unpaired) electrons. The molecule has 21 heavy (non-hydrogen) atoms. The average Bonchev–Trinajstić information content (AvgIpc) is 2.83. The van der Waals surface area contributed by atoms with Gasteiger partial charge in [0.15, 0.2) is 4.34 Å². The number of hydrogen-bond acceptors (Lipinski definition) is 4. The summed E-state index contributed by atoms with van der Waals surface area (Å²) in [7, 11) is 0. The average molecular weight is 325 g/mol. The number of thiophene rings is 1. The van der Waals surface area contributed by atoms with Crippen LogP contribution in [0, 0.1) is 17.0 Å². The number of benzene rings is 1. The molecule has 1 aromatic carbocycles. The Balaban J connectivity index is 2.31.